The van der Waals surface area contributed by atoms with Crippen molar-refractivity contribution in [2.45, 2.75) is 13.0 Å². The molecule has 3 rings (SSSR count). The number of halogens is 1. The van der Waals surface area contributed by atoms with E-state index in [-0.39, 0.29) is 5.82 Å². The summed E-state index contributed by atoms with van der Waals surface area (Å²) in [6.07, 6.45) is 1.17. The fraction of sp³-hybridized carbons (Fsp3) is 0.333. The highest BCUT2D eigenvalue weighted by Crippen LogP contribution is 2.23. The minimum Gasteiger partial charge on any atom is -0.384 e. The van der Waals surface area contributed by atoms with Crippen LogP contribution in [0.3, 0.4) is 0 Å². The van der Waals surface area contributed by atoms with E-state index in [4.69, 9.17) is 0 Å². The third-order valence-electron chi connectivity index (χ3n) is 3.49. The Morgan fingerprint density at radius 1 is 1.21 bits per heavy atom. The fourth-order valence-electron chi connectivity index (χ4n) is 2.42. The molecule has 0 radical (unpaired) electrons. The molecule has 2 aromatic rings. The molecular formula is C15H17FN2S. The number of nitrogens with zero attached hydrogens (tertiary/aromatic N) is 1. The number of benzene rings is 1. The molecule has 0 spiro atoms. The first kappa shape index (κ1) is 12.6. The zero-order valence-corrected chi connectivity index (χ0v) is 11.5. The molecule has 0 bridgehead atoms. The van der Waals surface area contributed by atoms with Crippen molar-refractivity contribution in [2.75, 3.05) is 25.0 Å². The van der Waals surface area contributed by atoms with Crippen molar-refractivity contribution in [2.24, 2.45) is 0 Å². The Hall–Kier alpha value is -1.39. The van der Waals surface area contributed by atoms with Crippen LogP contribution >= 0.6 is 11.3 Å². The molecule has 4 heteroatoms. The van der Waals surface area contributed by atoms with E-state index in [9.17, 15) is 4.39 Å². The molecule has 0 aliphatic carbocycles. The van der Waals surface area contributed by atoms with E-state index in [2.05, 4.69) is 21.7 Å². The highest BCUT2D eigenvalue weighted by atomic mass is 32.1. The molecule has 2 heterocycles. The lowest BCUT2D eigenvalue weighted by molar-refractivity contribution is 0.266. The minimum absolute atomic E-state index is 0.188. The first-order valence-corrected chi connectivity index (χ1v) is 7.46. The van der Waals surface area contributed by atoms with E-state index in [0.717, 1.165) is 31.9 Å². The second-order valence-corrected chi connectivity index (χ2v) is 5.83. The topological polar surface area (TPSA) is 15.3 Å². The van der Waals surface area contributed by atoms with E-state index in [1.807, 2.05) is 11.3 Å². The van der Waals surface area contributed by atoms with Gasteiger partial charge in [-0.1, -0.05) is 0 Å². The van der Waals surface area contributed by atoms with E-state index in [0.29, 0.717) is 0 Å². The minimum atomic E-state index is -0.188. The molecule has 0 saturated heterocycles. The van der Waals surface area contributed by atoms with E-state index in [1.165, 1.54) is 24.1 Å². The summed E-state index contributed by atoms with van der Waals surface area (Å²) in [5, 5.41) is 5.52. The molecule has 0 saturated carbocycles. The van der Waals surface area contributed by atoms with Gasteiger partial charge in [-0.05, 0) is 47.7 Å². The van der Waals surface area contributed by atoms with Crippen LogP contribution in [0.2, 0.25) is 0 Å². The molecule has 2 nitrogen and oxygen atoms in total. The van der Waals surface area contributed by atoms with Gasteiger partial charge in [0, 0.05) is 36.7 Å². The largest absolute Gasteiger partial charge is 0.384 e. The van der Waals surface area contributed by atoms with E-state index >= 15 is 0 Å². The fourth-order valence-corrected chi connectivity index (χ4v) is 3.31. The zero-order valence-electron chi connectivity index (χ0n) is 10.7. The summed E-state index contributed by atoms with van der Waals surface area (Å²) in [5.41, 5.74) is 2.47. The first-order valence-electron chi connectivity index (χ1n) is 6.58. The average molecular weight is 276 g/mol. The van der Waals surface area contributed by atoms with Gasteiger partial charge in [-0.15, -0.1) is 11.3 Å². The highest BCUT2D eigenvalue weighted by molar-refractivity contribution is 7.10. The summed E-state index contributed by atoms with van der Waals surface area (Å²) in [6, 6.07) is 8.77. The lowest BCUT2D eigenvalue weighted by Gasteiger charge is -2.26. The summed E-state index contributed by atoms with van der Waals surface area (Å²) in [4.78, 5) is 4.01. The van der Waals surface area contributed by atoms with Gasteiger partial charge in [-0.25, -0.2) is 4.39 Å². The number of rotatable bonds is 4. The Morgan fingerprint density at radius 3 is 2.89 bits per heavy atom. The van der Waals surface area contributed by atoms with Crippen molar-refractivity contribution in [3.05, 3.63) is 52.0 Å². The normalized spacial score (nSPS) is 15.2. The molecule has 1 aliphatic rings. The maximum atomic E-state index is 12.8. The maximum absolute atomic E-state index is 12.8. The van der Waals surface area contributed by atoms with Crippen LogP contribution in [0.25, 0.3) is 0 Å². The molecule has 0 amide bonds. The van der Waals surface area contributed by atoms with Crippen LogP contribution < -0.4 is 5.32 Å². The molecule has 1 N–H and O–H groups in total. The third kappa shape index (κ3) is 3.14. The van der Waals surface area contributed by atoms with Gasteiger partial charge in [0.25, 0.3) is 0 Å². The van der Waals surface area contributed by atoms with E-state index in [1.54, 1.807) is 17.0 Å². The smallest absolute Gasteiger partial charge is 0.123 e. The lowest BCUT2D eigenvalue weighted by Crippen LogP contribution is -2.33. The number of hydrogen-bond donors (Lipinski definition) is 1. The van der Waals surface area contributed by atoms with E-state index < -0.39 is 0 Å². The molecule has 100 valence electrons. The van der Waals surface area contributed by atoms with Gasteiger partial charge in [-0.2, -0.15) is 0 Å². The van der Waals surface area contributed by atoms with Crippen molar-refractivity contribution in [3.8, 4) is 0 Å². The Bertz CT molecular complexity index is 535. The molecule has 1 aromatic heterocycles. The number of fused-ring (bicyclic) bond motifs is 1. The summed E-state index contributed by atoms with van der Waals surface area (Å²) in [5.74, 6) is -0.188. The molecule has 19 heavy (non-hydrogen) atoms. The van der Waals surface area contributed by atoms with Crippen molar-refractivity contribution in [1.82, 2.24) is 4.90 Å². The van der Waals surface area contributed by atoms with Crippen LogP contribution in [-0.2, 0) is 13.0 Å². The molecule has 0 fully saturated rings. The Balaban J connectivity index is 1.47. The van der Waals surface area contributed by atoms with Crippen LogP contribution in [0.1, 0.15) is 10.4 Å². The molecule has 1 aliphatic heterocycles. The lowest BCUT2D eigenvalue weighted by atomic mass is 10.1. The van der Waals surface area contributed by atoms with Crippen LogP contribution in [0.5, 0.6) is 0 Å². The number of hydrogen-bond acceptors (Lipinski definition) is 3. The highest BCUT2D eigenvalue weighted by Gasteiger charge is 2.16. The van der Waals surface area contributed by atoms with Gasteiger partial charge in [0.05, 0.1) is 0 Å². The standard InChI is InChI=1S/C15H17FN2S/c16-13-1-3-14(4-2-13)17-7-9-18-8-5-15-12(11-18)6-10-19-15/h1-4,6,10,17H,5,7-9,11H2. The predicted molar refractivity (Wildman–Crippen MR) is 78.2 cm³/mol. The van der Waals surface area contributed by atoms with Crippen molar-refractivity contribution < 1.29 is 4.39 Å². The molecule has 1 aromatic carbocycles. The van der Waals surface area contributed by atoms with Gasteiger partial charge in [0.1, 0.15) is 5.82 Å². The number of anilines is 1. The van der Waals surface area contributed by atoms with Gasteiger partial charge in [0.2, 0.25) is 0 Å². The van der Waals surface area contributed by atoms with Crippen LogP contribution in [-0.4, -0.2) is 24.5 Å². The summed E-state index contributed by atoms with van der Waals surface area (Å²) in [7, 11) is 0. The number of nitrogens with one attached hydrogen (secondary N) is 1. The average Bonchev–Trinajstić information content (AvgIpc) is 2.88. The van der Waals surface area contributed by atoms with Gasteiger partial charge in [-0.3, -0.25) is 4.90 Å². The first-order chi connectivity index (χ1) is 9.31. The van der Waals surface area contributed by atoms with Crippen LogP contribution in [0.4, 0.5) is 10.1 Å². The van der Waals surface area contributed by atoms with Gasteiger partial charge in [0.15, 0.2) is 0 Å². The maximum Gasteiger partial charge on any atom is 0.123 e. The third-order valence-corrected chi connectivity index (χ3v) is 4.51. The quantitative estimate of drug-likeness (QED) is 0.921. The predicted octanol–water partition coefficient (Wildman–Crippen LogP) is 3.36. The Labute approximate surface area is 116 Å². The monoisotopic (exact) mass is 276 g/mol. The molecular weight excluding hydrogens is 259 g/mol. The van der Waals surface area contributed by atoms with Crippen molar-refractivity contribution >= 4 is 17.0 Å². The Kier molecular flexibility index (Phi) is 3.80. The SMILES string of the molecule is Fc1ccc(NCCN2CCc3sccc3C2)cc1. The zero-order chi connectivity index (χ0) is 13.1. The Morgan fingerprint density at radius 2 is 2.05 bits per heavy atom. The molecule has 0 atom stereocenters. The van der Waals surface area contributed by atoms with Crippen molar-refractivity contribution in [3.63, 3.8) is 0 Å². The van der Waals surface area contributed by atoms with Gasteiger partial charge >= 0.3 is 0 Å². The summed E-state index contributed by atoms with van der Waals surface area (Å²) in [6.45, 7) is 4.11. The summed E-state index contributed by atoms with van der Waals surface area (Å²) >= 11 is 1.87. The van der Waals surface area contributed by atoms with Gasteiger partial charge < -0.3 is 5.32 Å². The van der Waals surface area contributed by atoms with Crippen LogP contribution in [0, 0.1) is 5.82 Å². The second kappa shape index (κ2) is 5.72. The van der Waals surface area contributed by atoms with Crippen LogP contribution in [0.15, 0.2) is 35.7 Å². The summed E-state index contributed by atoms with van der Waals surface area (Å²) < 4.78 is 12.8. The van der Waals surface area contributed by atoms with Crippen molar-refractivity contribution in [1.29, 1.82) is 0 Å². The number of thiophene rings is 1. The second-order valence-electron chi connectivity index (χ2n) is 4.83. The molecule has 0 unspecified atom stereocenters.